The number of alkyl halides is 1. The van der Waals surface area contributed by atoms with Crippen LogP contribution in [0.2, 0.25) is 0 Å². The Bertz CT molecular complexity index is 429. The van der Waals surface area contributed by atoms with Gasteiger partial charge in [-0.05, 0) is 25.7 Å². The quantitative estimate of drug-likeness (QED) is 0.807. The molecule has 4 nitrogen and oxygen atoms in total. The summed E-state index contributed by atoms with van der Waals surface area (Å²) in [6.45, 7) is 0.515. The van der Waals surface area contributed by atoms with E-state index in [0.29, 0.717) is 25.3 Å². The van der Waals surface area contributed by atoms with Crippen LogP contribution in [0.3, 0.4) is 0 Å². The summed E-state index contributed by atoms with van der Waals surface area (Å²) in [6.07, 6.45) is 6.29. The molecule has 2 rings (SSSR count). The van der Waals surface area contributed by atoms with E-state index >= 15 is 0 Å². The Morgan fingerprint density at radius 3 is 2.47 bits per heavy atom. The second kappa shape index (κ2) is 6.00. The molecule has 19 heavy (non-hydrogen) atoms. The van der Waals surface area contributed by atoms with E-state index in [-0.39, 0.29) is 17.1 Å². The van der Waals surface area contributed by atoms with Gasteiger partial charge in [0.15, 0.2) is 9.84 Å². The predicted molar refractivity (Wildman–Crippen MR) is 76.1 cm³/mol. The maximum atomic E-state index is 12.1. The lowest BCUT2D eigenvalue weighted by Crippen LogP contribution is -2.46. The van der Waals surface area contributed by atoms with Crippen LogP contribution in [-0.4, -0.2) is 37.8 Å². The Kier molecular flexibility index (Phi) is 4.77. The molecule has 0 radical (unpaired) electrons. The van der Waals surface area contributed by atoms with Crippen molar-refractivity contribution >= 4 is 27.3 Å². The highest BCUT2D eigenvalue weighted by Gasteiger charge is 2.37. The monoisotopic (exact) mass is 307 g/mol. The van der Waals surface area contributed by atoms with Crippen molar-refractivity contribution in [3.8, 4) is 0 Å². The van der Waals surface area contributed by atoms with Crippen LogP contribution in [0.15, 0.2) is 0 Å². The molecule has 0 aromatic heterocycles. The molecule has 0 aromatic carbocycles. The van der Waals surface area contributed by atoms with E-state index in [4.69, 9.17) is 11.6 Å². The van der Waals surface area contributed by atoms with Gasteiger partial charge in [0.25, 0.3) is 0 Å². The molecule has 1 saturated heterocycles. The lowest BCUT2D eigenvalue weighted by molar-refractivity contribution is -0.121. The van der Waals surface area contributed by atoms with E-state index in [9.17, 15) is 13.2 Å². The number of rotatable bonds is 4. The Hall–Kier alpha value is -0.290. The van der Waals surface area contributed by atoms with Crippen LogP contribution >= 0.6 is 11.6 Å². The number of hydrogen-bond acceptors (Lipinski definition) is 3. The molecule has 1 aliphatic carbocycles. The Balaban J connectivity index is 1.94. The van der Waals surface area contributed by atoms with E-state index in [0.717, 1.165) is 32.1 Å². The van der Waals surface area contributed by atoms with Crippen molar-refractivity contribution in [2.75, 3.05) is 18.2 Å². The third kappa shape index (κ3) is 3.43. The molecule has 1 aliphatic heterocycles. The predicted octanol–water partition coefficient (Wildman–Crippen LogP) is 1.87. The molecule has 1 amide bonds. The zero-order valence-corrected chi connectivity index (χ0v) is 12.7. The van der Waals surface area contributed by atoms with Crippen LogP contribution in [0.5, 0.6) is 0 Å². The van der Waals surface area contributed by atoms with Gasteiger partial charge in [0.2, 0.25) is 5.91 Å². The van der Waals surface area contributed by atoms with Crippen LogP contribution < -0.4 is 5.32 Å². The lowest BCUT2D eigenvalue weighted by Gasteiger charge is -2.28. The summed E-state index contributed by atoms with van der Waals surface area (Å²) in [5.74, 6) is 0.354. The van der Waals surface area contributed by atoms with Gasteiger partial charge in [-0.15, -0.1) is 11.6 Å². The molecule has 0 bridgehead atoms. The number of sulfone groups is 1. The van der Waals surface area contributed by atoms with E-state index < -0.39 is 15.1 Å². The number of hydrogen-bond donors (Lipinski definition) is 1. The number of amides is 1. The molecule has 1 saturated carbocycles. The minimum atomic E-state index is -3.24. The number of nitrogens with one attached hydrogen (secondary N) is 1. The van der Waals surface area contributed by atoms with Gasteiger partial charge < -0.3 is 5.32 Å². The van der Waals surface area contributed by atoms with Gasteiger partial charge in [-0.2, -0.15) is 0 Å². The summed E-state index contributed by atoms with van der Waals surface area (Å²) in [6, 6.07) is 0. The highest BCUT2D eigenvalue weighted by atomic mass is 35.5. The van der Waals surface area contributed by atoms with Gasteiger partial charge in [-0.1, -0.05) is 19.3 Å². The van der Waals surface area contributed by atoms with Gasteiger partial charge >= 0.3 is 0 Å². The van der Waals surface area contributed by atoms with Crippen molar-refractivity contribution < 1.29 is 13.2 Å². The molecular weight excluding hydrogens is 286 g/mol. The molecule has 2 aliphatic rings. The molecular formula is C13H22ClNO3S. The number of halogens is 1. The first-order chi connectivity index (χ1) is 8.99. The van der Waals surface area contributed by atoms with Crippen molar-refractivity contribution in [1.82, 2.24) is 5.32 Å². The first-order valence-corrected chi connectivity index (χ1v) is 9.29. The molecule has 0 spiro atoms. The van der Waals surface area contributed by atoms with Crippen LogP contribution in [0.4, 0.5) is 0 Å². The Labute approximate surface area is 120 Å². The van der Waals surface area contributed by atoms with E-state index in [1.54, 1.807) is 0 Å². The summed E-state index contributed by atoms with van der Waals surface area (Å²) in [5.41, 5.74) is -0.0182. The highest BCUT2D eigenvalue weighted by Crippen LogP contribution is 2.38. The lowest BCUT2D eigenvalue weighted by atomic mass is 9.88. The summed E-state index contributed by atoms with van der Waals surface area (Å²) in [7, 11) is -3.24. The largest absolute Gasteiger partial charge is 0.354 e. The zero-order chi connectivity index (χ0) is 13.9. The average molecular weight is 308 g/mol. The standard InChI is InChI=1S/C13H22ClNO3S/c14-9-13(6-2-3-7-13)10-15-12(16)11-5-1-4-8-19(11,17)18/h11H,1-10H2,(H,15,16). The maximum Gasteiger partial charge on any atom is 0.238 e. The third-order valence-corrected chi connectivity index (χ3v) is 7.20. The molecule has 110 valence electrons. The van der Waals surface area contributed by atoms with Crippen molar-refractivity contribution in [2.45, 2.75) is 50.2 Å². The molecule has 1 atom stereocenters. The van der Waals surface area contributed by atoms with Gasteiger partial charge in [-0.25, -0.2) is 8.42 Å². The fraction of sp³-hybridized carbons (Fsp3) is 0.923. The van der Waals surface area contributed by atoms with Crippen LogP contribution in [-0.2, 0) is 14.6 Å². The minimum Gasteiger partial charge on any atom is -0.354 e. The van der Waals surface area contributed by atoms with Gasteiger partial charge in [0.1, 0.15) is 5.25 Å². The average Bonchev–Trinajstić information content (AvgIpc) is 2.85. The Morgan fingerprint density at radius 2 is 1.89 bits per heavy atom. The van der Waals surface area contributed by atoms with Gasteiger partial charge in [0.05, 0.1) is 5.75 Å². The molecule has 0 aromatic rings. The number of carbonyl (C=O) groups is 1. The summed E-state index contributed by atoms with van der Waals surface area (Å²) in [5, 5.41) is 2.00. The van der Waals surface area contributed by atoms with Gasteiger partial charge in [-0.3, -0.25) is 4.79 Å². The zero-order valence-electron chi connectivity index (χ0n) is 11.2. The van der Waals surface area contributed by atoms with E-state index in [1.165, 1.54) is 0 Å². The number of carbonyl (C=O) groups excluding carboxylic acids is 1. The second-order valence-corrected chi connectivity index (χ2v) is 8.48. The molecule has 2 fully saturated rings. The summed E-state index contributed by atoms with van der Waals surface area (Å²) < 4.78 is 23.8. The SMILES string of the molecule is O=C(NCC1(CCl)CCCC1)C1CCCCS1(=O)=O. The first kappa shape index (κ1) is 15.1. The van der Waals surface area contributed by atoms with Crippen molar-refractivity contribution in [2.24, 2.45) is 5.41 Å². The van der Waals surface area contributed by atoms with Crippen LogP contribution in [0, 0.1) is 5.41 Å². The smallest absolute Gasteiger partial charge is 0.238 e. The summed E-state index contributed by atoms with van der Waals surface area (Å²) in [4.78, 5) is 12.1. The van der Waals surface area contributed by atoms with Gasteiger partial charge in [0, 0.05) is 17.8 Å². The molecule has 6 heteroatoms. The summed E-state index contributed by atoms with van der Waals surface area (Å²) >= 11 is 6.02. The second-order valence-electron chi connectivity index (χ2n) is 5.91. The van der Waals surface area contributed by atoms with E-state index in [2.05, 4.69) is 5.32 Å². The highest BCUT2D eigenvalue weighted by molar-refractivity contribution is 7.92. The maximum absolute atomic E-state index is 12.1. The molecule has 1 N–H and O–H groups in total. The minimum absolute atomic E-state index is 0.0182. The van der Waals surface area contributed by atoms with E-state index in [1.807, 2.05) is 0 Å². The van der Waals surface area contributed by atoms with Crippen molar-refractivity contribution in [3.63, 3.8) is 0 Å². The normalized spacial score (nSPS) is 29.0. The first-order valence-electron chi connectivity index (χ1n) is 7.04. The van der Waals surface area contributed by atoms with Crippen molar-refractivity contribution in [1.29, 1.82) is 0 Å². The molecule has 1 unspecified atom stereocenters. The molecule has 1 heterocycles. The van der Waals surface area contributed by atoms with Crippen molar-refractivity contribution in [3.05, 3.63) is 0 Å². The Morgan fingerprint density at radius 1 is 1.21 bits per heavy atom. The van der Waals surface area contributed by atoms with Crippen LogP contribution in [0.25, 0.3) is 0 Å². The third-order valence-electron chi connectivity index (χ3n) is 4.46. The fourth-order valence-electron chi connectivity index (χ4n) is 3.12. The van der Waals surface area contributed by atoms with Crippen LogP contribution in [0.1, 0.15) is 44.9 Å². The fourth-order valence-corrected chi connectivity index (χ4v) is 5.31. The topological polar surface area (TPSA) is 63.2 Å².